The maximum atomic E-state index is 14.2. The van der Waals surface area contributed by atoms with E-state index < -0.39 is 17.9 Å². The number of likely N-dealkylation sites (tertiary alicyclic amines) is 1. The fourth-order valence-corrected chi connectivity index (χ4v) is 6.89. The first kappa shape index (κ1) is 32.4. The van der Waals surface area contributed by atoms with Crippen molar-refractivity contribution in [3.8, 4) is 5.75 Å². The predicted octanol–water partition coefficient (Wildman–Crippen LogP) is 4.38. The molecule has 0 radical (unpaired) electrons. The van der Waals surface area contributed by atoms with Crippen LogP contribution in [0.25, 0.3) is 0 Å². The van der Waals surface area contributed by atoms with Gasteiger partial charge in [0.2, 0.25) is 11.5 Å². The Morgan fingerprint density at radius 2 is 1.89 bits per heavy atom. The van der Waals surface area contributed by atoms with Gasteiger partial charge in [0.1, 0.15) is 12.3 Å². The predicted molar refractivity (Wildman–Crippen MR) is 176 cm³/mol. The Bertz CT molecular complexity index is 1560. The second-order valence-electron chi connectivity index (χ2n) is 13.5. The van der Waals surface area contributed by atoms with Crippen LogP contribution in [0, 0.1) is 5.92 Å². The highest BCUT2D eigenvalue weighted by Gasteiger charge is 2.47. The number of carbonyl (C=O) groups is 2. The summed E-state index contributed by atoms with van der Waals surface area (Å²) in [6, 6.07) is 18.8. The lowest BCUT2D eigenvalue weighted by Crippen LogP contribution is -2.45. The molecule has 1 unspecified atom stereocenters. The third kappa shape index (κ3) is 7.83. The number of rotatable bonds is 13. The number of carbonyl (C=O) groups excluding carboxylic acids is 1. The summed E-state index contributed by atoms with van der Waals surface area (Å²) in [6.45, 7) is 5.09. The number of aliphatic carboxylic acids is 1. The number of hydrogen-bond donors (Lipinski definition) is 1. The molecule has 9 nitrogen and oxygen atoms in total. The van der Waals surface area contributed by atoms with Gasteiger partial charge in [-0.1, -0.05) is 43.7 Å². The Kier molecular flexibility index (Phi) is 10.1. The maximum absolute atomic E-state index is 14.2. The van der Waals surface area contributed by atoms with Crippen molar-refractivity contribution in [3.63, 3.8) is 0 Å². The van der Waals surface area contributed by atoms with Crippen LogP contribution in [0.5, 0.6) is 5.75 Å². The molecule has 0 saturated carbocycles. The van der Waals surface area contributed by atoms with Gasteiger partial charge in [0.05, 0.1) is 40.2 Å². The Morgan fingerprint density at radius 1 is 1.07 bits per heavy atom. The molecular formula is C36H47N4O5+. The normalized spacial score (nSPS) is 19.7. The molecule has 2 aliphatic rings. The molecule has 1 aromatic heterocycles. The van der Waals surface area contributed by atoms with E-state index in [1.165, 1.54) is 6.07 Å². The third-order valence-corrected chi connectivity index (χ3v) is 8.99. The number of anilines is 1. The van der Waals surface area contributed by atoms with Crippen LogP contribution in [0.4, 0.5) is 5.69 Å². The summed E-state index contributed by atoms with van der Waals surface area (Å²) in [6.07, 6.45) is 4.79. The van der Waals surface area contributed by atoms with E-state index in [1.54, 1.807) is 22.9 Å². The second-order valence-corrected chi connectivity index (χ2v) is 13.5. The SMILES string of the molecule is CCCCN(C(=O)CN1C[C@H](c2ccc3c(c2)CCO3)C(C(=O)O)[C@@H]1CCn1ccccc1=O)c1cccc(C[N+](C)(C)C)c1. The molecule has 1 saturated heterocycles. The molecular weight excluding hydrogens is 568 g/mol. The number of amides is 1. The largest absolute Gasteiger partial charge is 0.493 e. The Labute approximate surface area is 266 Å². The number of aryl methyl sites for hydroxylation is 1. The van der Waals surface area contributed by atoms with Gasteiger partial charge in [-0.15, -0.1) is 0 Å². The van der Waals surface area contributed by atoms with Gasteiger partial charge in [0.25, 0.3) is 0 Å². The number of quaternary nitrogens is 1. The molecule has 1 amide bonds. The third-order valence-electron chi connectivity index (χ3n) is 8.99. The van der Waals surface area contributed by atoms with Gasteiger partial charge in [-0.3, -0.25) is 19.3 Å². The van der Waals surface area contributed by atoms with Crippen LogP contribution >= 0.6 is 0 Å². The summed E-state index contributed by atoms with van der Waals surface area (Å²) >= 11 is 0. The van der Waals surface area contributed by atoms with Crippen LogP contribution in [-0.4, -0.2) is 84.4 Å². The molecule has 9 heteroatoms. The quantitative estimate of drug-likeness (QED) is 0.287. The van der Waals surface area contributed by atoms with Crippen molar-refractivity contribution >= 4 is 17.6 Å². The van der Waals surface area contributed by atoms with E-state index in [2.05, 4.69) is 51.2 Å². The Hall–Kier alpha value is -3.95. The Balaban J connectivity index is 1.45. The van der Waals surface area contributed by atoms with Crippen molar-refractivity contribution in [2.24, 2.45) is 5.92 Å². The van der Waals surface area contributed by atoms with Crippen LogP contribution < -0.4 is 15.2 Å². The zero-order chi connectivity index (χ0) is 32.1. The fraction of sp³-hybridized carbons (Fsp3) is 0.472. The van der Waals surface area contributed by atoms with Crippen LogP contribution in [0.3, 0.4) is 0 Å². The smallest absolute Gasteiger partial charge is 0.308 e. The number of aromatic nitrogens is 1. The fourth-order valence-electron chi connectivity index (χ4n) is 6.89. The van der Waals surface area contributed by atoms with E-state index in [0.29, 0.717) is 32.7 Å². The Morgan fingerprint density at radius 3 is 2.62 bits per heavy atom. The van der Waals surface area contributed by atoms with Crippen molar-refractivity contribution in [2.45, 2.75) is 57.7 Å². The van der Waals surface area contributed by atoms with Crippen LogP contribution in [0.1, 0.15) is 48.8 Å². The highest BCUT2D eigenvalue weighted by molar-refractivity contribution is 5.95. The minimum Gasteiger partial charge on any atom is -0.493 e. The summed E-state index contributed by atoms with van der Waals surface area (Å²) in [5.74, 6) is -1.09. The number of ether oxygens (including phenoxy) is 1. The number of hydrogen-bond acceptors (Lipinski definition) is 5. The van der Waals surface area contributed by atoms with Gasteiger partial charge in [-0.2, -0.15) is 0 Å². The summed E-state index contributed by atoms with van der Waals surface area (Å²) < 4.78 is 8.10. The lowest BCUT2D eigenvalue weighted by Gasteiger charge is -2.30. The average molecular weight is 616 g/mol. The van der Waals surface area contributed by atoms with Gasteiger partial charge in [0.15, 0.2) is 0 Å². The maximum Gasteiger partial charge on any atom is 0.308 e. The zero-order valence-corrected chi connectivity index (χ0v) is 27.0. The van der Waals surface area contributed by atoms with Crippen LogP contribution in [0.15, 0.2) is 71.7 Å². The number of carboxylic acid groups (broad SMARTS) is 1. The topological polar surface area (TPSA) is 92.1 Å². The van der Waals surface area contributed by atoms with E-state index in [0.717, 1.165) is 58.4 Å². The summed E-state index contributed by atoms with van der Waals surface area (Å²) in [5, 5.41) is 10.6. The molecule has 3 heterocycles. The van der Waals surface area contributed by atoms with E-state index in [9.17, 15) is 19.5 Å². The van der Waals surface area contributed by atoms with Crippen molar-refractivity contribution < 1.29 is 23.9 Å². The number of nitrogens with zero attached hydrogens (tertiary/aromatic N) is 4. The van der Waals surface area contributed by atoms with E-state index >= 15 is 0 Å². The molecule has 3 aromatic rings. The first-order chi connectivity index (χ1) is 21.5. The first-order valence-electron chi connectivity index (χ1n) is 16.1. The molecule has 3 atom stereocenters. The van der Waals surface area contributed by atoms with Crippen molar-refractivity contribution in [2.75, 3.05) is 52.3 Å². The zero-order valence-electron chi connectivity index (χ0n) is 27.0. The van der Waals surface area contributed by atoms with E-state index in [1.807, 2.05) is 29.2 Å². The van der Waals surface area contributed by atoms with E-state index in [-0.39, 0.29) is 23.9 Å². The van der Waals surface area contributed by atoms with Crippen LogP contribution in [-0.2, 0) is 29.1 Å². The molecule has 0 aliphatic carbocycles. The van der Waals surface area contributed by atoms with Crippen molar-refractivity contribution in [1.29, 1.82) is 0 Å². The van der Waals surface area contributed by atoms with Crippen LogP contribution in [0.2, 0.25) is 0 Å². The molecule has 1 N–H and O–H groups in total. The molecule has 240 valence electrons. The number of carboxylic acids is 1. The molecule has 2 aliphatic heterocycles. The number of pyridine rings is 1. The lowest BCUT2D eigenvalue weighted by molar-refractivity contribution is -0.884. The standard InChI is InChI=1S/C36H46N4O5/c1-5-6-18-39(29-11-9-10-26(21-29)25-40(2,3)4)34(42)24-38-23-30(27-13-14-32-28(22-27)16-20-45-32)35(36(43)44)31(38)15-19-37-17-8-7-12-33(37)41/h7-14,17,21-22,30-31,35H,5-6,15-16,18-20,23-25H2,1-4H3/p+1/t30-,31+,35?/m1/s1. The van der Waals surface area contributed by atoms with E-state index in [4.69, 9.17) is 4.74 Å². The average Bonchev–Trinajstić information content (AvgIpc) is 3.60. The molecule has 2 aromatic carbocycles. The van der Waals surface area contributed by atoms with Gasteiger partial charge >= 0.3 is 5.97 Å². The molecule has 0 spiro atoms. The highest BCUT2D eigenvalue weighted by atomic mass is 16.5. The lowest BCUT2D eigenvalue weighted by atomic mass is 9.83. The van der Waals surface area contributed by atoms with Gasteiger partial charge < -0.3 is 23.8 Å². The van der Waals surface area contributed by atoms with Crippen molar-refractivity contribution in [1.82, 2.24) is 9.47 Å². The monoisotopic (exact) mass is 615 g/mol. The molecule has 5 rings (SSSR count). The van der Waals surface area contributed by atoms with Gasteiger partial charge in [-0.05, 0) is 48.2 Å². The van der Waals surface area contributed by atoms with Crippen molar-refractivity contribution in [3.05, 3.63) is 93.9 Å². The number of benzene rings is 2. The molecule has 45 heavy (non-hydrogen) atoms. The second kappa shape index (κ2) is 14.0. The molecule has 0 bridgehead atoms. The first-order valence-corrected chi connectivity index (χ1v) is 16.1. The van der Waals surface area contributed by atoms with Gasteiger partial charge in [0, 0.05) is 61.5 Å². The summed E-state index contributed by atoms with van der Waals surface area (Å²) in [4.78, 5) is 43.6. The summed E-state index contributed by atoms with van der Waals surface area (Å²) in [5.41, 5.74) is 3.96. The van der Waals surface area contributed by atoms with Gasteiger partial charge in [-0.25, -0.2) is 0 Å². The molecule has 1 fully saturated rings. The highest BCUT2D eigenvalue weighted by Crippen LogP contribution is 2.41. The number of fused-ring (bicyclic) bond motifs is 1. The number of unbranched alkanes of at least 4 members (excludes halogenated alkanes) is 1. The summed E-state index contributed by atoms with van der Waals surface area (Å²) in [7, 11) is 6.44. The minimum absolute atomic E-state index is 0.0418. The minimum atomic E-state index is -0.882.